The molecule has 6 heteroatoms. The number of hydrogen-bond acceptors (Lipinski definition) is 4. The van der Waals surface area contributed by atoms with Crippen LogP contribution in [0.1, 0.15) is 25.0 Å². The maximum absolute atomic E-state index is 12.5. The molecule has 0 fully saturated rings. The fraction of sp³-hybridized carbons (Fsp3) is 0.350. The van der Waals surface area contributed by atoms with Gasteiger partial charge in [0.1, 0.15) is 6.04 Å². The third-order valence-electron chi connectivity index (χ3n) is 3.95. The summed E-state index contributed by atoms with van der Waals surface area (Å²) in [7, 11) is 1.55. The highest BCUT2D eigenvalue weighted by molar-refractivity contribution is 5.88. The van der Waals surface area contributed by atoms with Gasteiger partial charge in [0, 0.05) is 18.8 Å². The molecule has 0 unspecified atom stereocenters. The second kappa shape index (κ2) is 9.56. The lowest BCUT2D eigenvalue weighted by Crippen LogP contribution is -2.49. The van der Waals surface area contributed by atoms with Crippen molar-refractivity contribution in [2.45, 2.75) is 32.9 Å². The lowest BCUT2D eigenvalue weighted by molar-refractivity contribution is -0.129. The SMILES string of the molecule is COc1ccc(CNC(=O)[C@@H](NC(=O)Cc2ccccc2)C(C)C)cn1. The van der Waals surface area contributed by atoms with E-state index in [0.717, 1.165) is 11.1 Å². The van der Waals surface area contributed by atoms with Gasteiger partial charge >= 0.3 is 0 Å². The van der Waals surface area contributed by atoms with Gasteiger partial charge in [-0.2, -0.15) is 0 Å². The smallest absolute Gasteiger partial charge is 0.243 e. The van der Waals surface area contributed by atoms with E-state index in [1.54, 1.807) is 19.4 Å². The fourth-order valence-corrected chi connectivity index (χ4v) is 2.48. The largest absolute Gasteiger partial charge is 0.481 e. The first kappa shape index (κ1) is 19.4. The first-order chi connectivity index (χ1) is 12.5. The second-order valence-corrected chi connectivity index (χ2v) is 6.38. The molecule has 6 nitrogen and oxygen atoms in total. The van der Waals surface area contributed by atoms with Gasteiger partial charge in [-0.3, -0.25) is 9.59 Å². The Morgan fingerprint density at radius 2 is 1.81 bits per heavy atom. The molecule has 1 aromatic heterocycles. The van der Waals surface area contributed by atoms with E-state index in [1.807, 2.05) is 50.2 Å². The molecule has 0 aliphatic heterocycles. The van der Waals surface area contributed by atoms with Gasteiger partial charge in [0.25, 0.3) is 0 Å². The number of nitrogens with one attached hydrogen (secondary N) is 2. The van der Waals surface area contributed by atoms with Gasteiger partial charge in [-0.15, -0.1) is 0 Å². The quantitative estimate of drug-likeness (QED) is 0.760. The molecule has 1 heterocycles. The topological polar surface area (TPSA) is 80.3 Å². The van der Waals surface area contributed by atoms with E-state index in [1.165, 1.54) is 0 Å². The third kappa shape index (κ3) is 5.88. The summed E-state index contributed by atoms with van der Waals surface area (Å²) in [6.45, 7) is 4.15. The number of amides is 2. The minimum absolute atomic E-state index is 0.0243. The van der Waals surface area contributed by atoms with E-state index in [-0.39, 0.29) is 24.2 Å². The number of nitrogens with zero attached hydrogens (tertiary/aromatic N) is 1. The lowest BCUT2D eigenvalue weighted by atomic mass is 10.0. The summed E-state index contributed by atoms with van der Waals surface area (Å²) in [4.78, 5) is 28.9. The fourth-order valence-electron chi connectivity index (χ4n) is 2.48. The molecule has 0 saturated carbocycles. The molecule has 26 heavy (non-hydrogen) atoms. The van der Waals surface area contributed by atoms with Crippen LogP contribution in [0.15, 0.2) is 48.7 Å². The second-order valence-electron chi connectivity index (χ2n) is 6.38. The van der Waals surface area contributed by atoms with Gasteiger partial charge < -0.3 is 15.4 Å². The average molecular weight is 355 g/mol. The van der Waals surface area contributed by atoms with Crippen LogP contribution in [0.2, 0.25) is 0 Å². The minimum atomic E-state index is -0.586. The van der Waals surface area contributed by atoms with Gasteiger partial charge in [-0.05, 0) is 17.0 Å². The summed E-state index contributed by atoms with van der Waals surface area (Å²) >= 11 is 0. The zero-order chi connectivity index (χ0) is 18.9. The van der Waals surface area contributed by atoms with Crippen LogP contribution in [0.3, 0.4) is 0 Å². The molecule has 2 amide bonds. The van der Waals surface area contributed by atoms with E-state index in [2.05, 4.69) is 15.6 Å². The third-order valence-corrected chi connectivity index (χ3v) is 3.95. The van der Waals surface area contributed by atoms with Crippen molar-refractivity contribution in [2.75, 3.05) is 7.11 Å². The number of hydrogen-bond donors (Lipinski definition) is 2. The molecule has 1 aromatic carbocycles. The molecule has 138 valence electrons. The van der Waals surface area contributed by atoms with E-state index in [4.69, 9.17) is 4.74 Å². The highest BCUT2D eigenvalue weighted by Crippen LogP contribution is 2.08. The van der Waals surface area contributed by atoms with Gasteiger partial charge in [-0.25, -0.2) is 4.98 Å². The van der Waals surface area contributed by atoms with Crippen LogP contribution in [0.5, 0.6) is 5.88 Å². The first-order valence-corrected chi connectivity index (χ1v) is 8.59. The maximum atomic E-state index is 12.5. The number of carbonyl (C=O) groups is 2. The number of carbonyl (C=O) groups excluding carboxylic acids is 2. The molecule has 1 atom stereocenters. The molecule has 0 aliphatic rings. The number of aromatic nitrogens is 1. The van der Waals surface area contributed by atoms with Crippen molar-refractivity contribution < 1.29 is 14.3 Å². The van der Waals surface area contributed by atoms with Crippen molar-refractivity contribution in [2.24, 2.45) is 5.92 Å². The minimum Gasteiger partial charge on any atom is -0.481 e. The number of methoxy groups -OCH3 is 1. The summed E-state index contributed by atoms with van der Waals surface area (Å²) in [5.74, 6) is 0.116. The standard InChI is InChI=1S/C20H25N3O3/c1-14(2)19(23-17(24)11-15-7-5-4-6-8-15)20(25)22-13-16-9-10-18(26-3)21-12-16/h4-10,12,14,19H,11,13H2,1-3H3,(H,22,25)(H,23,24)/t19-/m0/s1. The van der Waals surface area contributed by atoms with E-state index in [0.29, 0.717) is 12.4 Å². The summed E-state index contributed by atoms with van der Waals surface area (Å²) in [5.41, 5.74) is 1.77. The molecule has 2 N–H and O–H groups in total. The Morgan fingerprint density at radius 3 is 2.38 bits per heavy atom. The van der Waals surface area contributed by atoms with E-state index < -0.39 is 6.04 Å². The summed E-state index contributed by atoms with van der Waals surface area (Å²) in [5, 5.41) is 5.69. The van der Waals surface area contributed by atoms with Gasteiger partial charge in [0.05, 0.1) is 13.5 Å². The molecule has 0 spiro atoms. The van der Waals surface area contributed by atoms with Crippen LogP contribution < -0.4 is 15.4 Å². The first-order valence-electron chi connectivity index (χ1n) is 8.59. The molecule has 0 radical (unpaired) electrons. The predicted molar refractivity (Wildman–Crippen MR) is 99.6 cm³/mol. The molecular formula is C20H25N3O3. The Bertz CT molecular complexity index is 715. The average Bonchev–Trinajstić information content (AvgIpc) is 2.65. The molecule has 0 saturated heterocycles. The van der Waals surface area contributed by atoms with Crippen LogP contribution in [0.4, 0.5) is 0 Å². The summed E-state index contributed by atoms with van der Waals surface area (Å²) in [6, 6.07) is 12.4. The molecular weight excluding hydrogens is 330 g/mol. The Kier molecular flexibility index (Phi) is 7.14. The van der Waals surface area contributed by atoms with Gasteiger partial charge in [0.2, 0.25) is 17.7 Å². The number of pyridine rings is 1. The molecule has 2 rings (SSSR count). The van der Waals surface area contributed by atoms with E-state index in [9.17, 15) is 9.59 Å². The van der Waals surface area contributed by atoms with Gasteiger partial charge in [-0.1, -0.05) is 50.2 Å². The summed E-state index contributed by atoms with van der Waals surface area (Å²) < 4.78 is 5.01. The molecule has 0 bridgehead atoms. The van der Waals surface area contributed by atoms with E-state index >= 15 is 0 Å². The Labute approximate surface area is 154 Å². The van der Waals surface area contributed by atoms with Crippen LogP contribution in [-0.4, -0.2) is 29.9 Å². The van der Waals surface area contributed by atoms with Crippen LogP contribution >= 0.6 is 0 Å². The molecule has 2 aromatic rings. The van der Waals surface area contributed by atoms with Crippen molar-refractivity contribution in [3.8, 4) is 5.88 Å². The van der Waals surface area contributed by atoms with Crippen molar-refractivity contribution in [1.29, 1.82) is 0 Å². The van der Waals surface area contributed by atoms with Crippen LogP contribution in [0.25, 0.3) is 0 Å². The van der Waals surface area contributed by atoms with Crippen LogP contribution in [-0.2, 0) is 22.6 Å². The maximum Gasteiger partial charge on any atom is 0.243 e. The highest BCUT2D eigenvalue weighted by Gasteiger charge is 2.23. The van der Waals surface area contributed by atoms with Crippen molar-refractivity contribution in [1.82, 2.24) is 15.6 Å². The predicted octanol–water partition coefficient (Wildman–Crippen LogP) is 2.09. The van der Waals surface area contributed by atoms with Crippen molar-refractivity contribution in [3.05, 3.63) is 59.8 Å². The van der Waals surface area contributed by atoms with Gasteiger partial charge in [0.15, 0.2) is 0 Å². The number of rotatable bonds is 8. The number of benzene rings is 1. The normalized spacial score (nSPS) is 11.7. The zero-order valence-corrected chi connectivity index (χ0v) is 15.4. The summed E-state index contributed by atoms with van der Waals surface area (Å²) in [6.07, 6.45) is 1.90. The number of ether oxygens (including phenoxy) is 1. The Morgan fingerprint density at radius 1 is 1.08 bits per heavy atom. The van der Waals surface area contributed by atoms with Crippen molar-refractivity contribution in [3.63, 3.8) is 0 Å². The zero-order valence-electron chi connectivity index (χ0n) is 15.4. The lowest BCUT2D eigenvalue weighted by Gasteiger charge is -2.22. The monoisotopic (exact) mass is 355 g/mol. The Hall–Kier alpha value is -2.89. The Balaban J connectivity index is 1.90. The highest BCUT2D eigenvalue weighted by atomic mass is 16.5. The molecule has 0 aliphatic carbocycles. The van der Waals surface area contributed by atoms with Crippen molar-refractivity contribution >= 4 is 11.8 Å². The van der Waals surface area contributed by atoms with Crippen LogP contribution in [0, 0.1) is 5.92 Å².